The summed E-state index contributed by atoms with van der Waals surface area (Å²) in [6, 6.07) is 11.7. The summed E-state index contributed by atoms with van der Waals surface area (Å²) in [5.74, 6) is 0.101. The lowest BCUT2D eigenvalue weighted by molar-refractivity contribution is -0.117. The van der Waals surface area contributed by atoms with Gasteiger partial charge in [-0.2, -0.15) is 0 Å². The van der Waals surface area contributed by atoms with Crippen LogP contribution in [0, 0.1) is 0 Å². The van der Waals surface area contributed by atoms with Crippen LogP contribution in [0.3, 0.4) is 0 Å². The lowest BCUT2D eigenvalue weighted by Gasteiger charge is -2.11. The lowest BCUT2D eigenvalue weighted by atomic mass is 10.1. The Hall–Kier alpha value is -3.03. The number of aliphatic hydroxyl groups excluding tert-OH is 1. The number of ether oxygens (including phenoxy) is 2. The zero-order valence-corrected chi connectivity index (χ0v) is 15.0. The number of halogens is 1. The molecule has 3 rings (SSSR count). The van der Waals surface area contributed by atoms with Gasteiger partial charge in [0.2, 0.25) is 6.79 Å². The van der Waals surface area contributed by atoms with Crippen LogP contribution in [0.25, 0.3) is 6.08 Å². The molecule has 0 saturated carbocycles. The monoisotopic (exact) mass is 388 g/mol. The van der Waals surface area contributed by atoms with Crippen LogP contribution in [0.1, 0.15) is 15.9 Å². The van der Waals surface area contributed by atoms with Crippen LogP contribution in [-0.2, 0) is 4.79 Å². The van der Waals surface area contributed by atoms with Gasteiger partial charge in [0.05, 0.1) is 17.2 Å². The minimum atomic E-state index is -0.540. The van der Waals surface area contributed by atoms with Crippen LogP contribution < -0.4 is 20.1 Å². The maximum atomic E-state index is 12.5. The fourth-order valence-electron chi connectivity index (χ4n) is 2.43. The summed E-state index contributed by atoms with van der Waals surface area (Å²) in [5.41, 5.74) is 0.880. The van der Waals surface area contributed by atoms with Crippen molar-refractivity contribution >= 4 is 29.5 Å². The van der Waals surface area contributed by atoms with E-state index < -0.39 is 11.8 Å². The summed E-state index contributed by atoms with van der Waals surface area (Å²) < 4.78 is 10.6. The van der Waals surface area contributed by atoms with E-state index in [4.69, 9.17) is 26.2 Å². The highest BCUT2D eigenvalue weighted by Gasteiger charge is 2.17. The van der Waals surface area contributed by atoms with Gasteiger partial charge in [0.1, 0.15) is 5.70 Å². The van der Waals surface area contributed by atoms with E-state index in [-0.39, 0.29) is 36.2 Å². The summed E-state index contributed by atoms with van der Waals surface area (Å²) in [5, 5.41) is 14.3. The molecule has 2 aromatic rings. The van der Waals surface area contributed by atoms with E-state index in [9.17, 15) is 9.59 Å². The molecule has 2 amide bonds. The van der Waals surface area contributed by atoms with E-state index >= 15 is 0 Å². The SMILES string of the molecule is O=C(NCCO)/C(=C/c1ccc2c(c1)OCO2)NC(=O)c1ccccc1Cl. The molecule has 7 nitrogen and oxygen atoms in total. The number of hydrogen-bond donors (Lipinski definition) is 3. The minimum Gasteiger partial charge on any atom is -0.454 e. The van der Waals surface area contributed by atoms with E-state index in [0.717, 1.165) is 0 Å². The molecule has 0 unspecified atom stereocenters. The second-order valence-electron chi connectivity index (χ2n) is 5.58. The fraction of sp³-hybridized carbons (Fsp3) is 0.158. The summed E-state index contributed by atoms with van der Waals surface area (Å²) in [6.07, 6.45) is 1.50. The number of fused-ring (bicyclic) bond motifs is 1. The standard InChI is InChI=1S/C19H17ClN2O5/c20-14-4-2-1-3-13(14)18(24)22-15(19(25)21-7-8-23)9-12-5-6-16-17(10-12)27-11-26-16/h1-6,9-10,23H,7-8,11H2,(H,21,25)(H,22,24)/b15-9-. The average molecular weight is 389 g/mol. The van der Waals surface area contributed by atoms with Crippen molar-refractivity contribution in [2.24, 2.45) is 0 Å². The molecule has 1 aliphatic rings. The molecule has 140 valence electrons. The second-order valence-corrected chi connectivity index (χ2v) is 5.99. The van der Waals surface area contributed by atoms with E-state index in [0.29, 0.717) is 17.1 Å². The molecule has 0 aliphatic carbocycles. The number of hydrogen-bond acceptors (Lipinski definition) is 5. The summed E-state index contributed by atoms with van der Waals surface area (Å²) >= 11 is 6.05. The second kappa shape index (κ2) is 8.57. The van der Waals surface area contributed by atoms with Crippen LogP contribution in [0.15, 0.2) is 48.2 Å². The molecular formula is C19H17ClN2O5. The molecule has 3 N–H and O–H groups in total. The molecule has 2 aromatic carbocycles. The van der Waals surface area contributed by atoms with Gasteiger partial charge in [0.15, 0.2) is 11.5 Å². The Morgan fingerprint density at radius 3 is 2.70 bits per heavy atom. The molecule has 0 spiro atoms. The summed E-state index contributed by atoms with van der Waals surface area (Å²) in [7, 11) is 0. The fourth-order valence-corrected chi connectivity index (χ4v) is 2.65. The maximum absolute atomic E-state index is 12.5. The Kier molecular flexibility index (Phi) is 5.95. The van der Waals surface area contributed by atoms with Crippen molar-refractivity contribution in [3.05, 3.63) is 64.3 Å². The molecule has 8 heteroatoms. The zero-order chi connectivity index (χ0) is 19.2. The first-order valence-electron chi connectivity index (χ1n) is 8.15. The van der Waals surface area contributed by atoms with Gasteiger partial charge in [-0.3, -0.25) is 9.59 Å². The van der Waals surface area contributed by atoms with Crippen LogP contribution in [0.5, 0.6) is 11.5 Å². The Labute approximate surface area is 160 Å². The van der Waals surface area contributed by atoms with Gasteiger partial charge >= 0.3 is 0 Å². The molecule has 0 atom stereocenters. The molecule has 1 heterocycles. The first-order chi connectivity index (χ1) is 13.1. The van der Waals surface area contributed by atoms with Gasteiger partial charge in [-0.05, 0) is 35.9 Å². The first-order valence-corrected chi connectivity index (χ1v) is 8.52. The maximum Gasteiger partial charge on any atom is 0.267 e. The Morgan fingerprint density at radius 1 is 1.15 bits per heavy atom. The first kappa shape index (κ1) is 18.8. The van der Waals surface area contributed by atoms with Gasteiger partial charge in [0.25, 0.3) is 11.8 Å². The number of nitrogens with one attached hydrogen (secondary N) is 2. The number of carbonyl (C=O) groups excluding carboxylic acids is 2. The quantitative estimate of drug-likeness (QED) is 0.657. The third kappa shape index (κ3) is 4.58. The summed E-state index contributed by atoms with van der Waals surface area (Å²) in [6.45, 7) is -0.0314. The molecule has 0 saturated heterocycles. The molecular weight excluding hydrogens is 372 g/mol. The van der Waals surface area contributed by atoms with Crippen molar-refractivity contribution < 1.29 is 24.2 Å². The van der Waals surface area contributed by atoms with Gasteiger partial charge in [-0.1, -0.05) is 29.8 Å². The highest BCUT2D eigenvalue weighted by Crippen LogP contribution is 2.33. The molecule has 0 aromatic heterocycles. The normalized spacial score (nSPS) is 12.6. The largest absolute Gasteiger partial charge is 0.454 e. The number of carbonyl (C=O) groups is 2. The Morgan fingerprint density at radius 2 is 1.93 bits per heavy atom. The van der Waals surface area contributed by atoms with E-state index in [1.807, 2.05) is 0 Å². The van der Waals surface area contributed by atoms with Crippen LogP contribution in [0.2, 0.25) is 5.02 Å². The van der Waals surface area contributed by atoms with Gasteiger partial charge in [-0.15, -0.1) is 0 Å². The van der Waals surface area contributed by atoms with E-state index in [1.165, 1.54) is 6.08 Å². The molecule has 0 fully saturated rings. The molecule has 0 radical (unpaired) electrons. The predicted octanol–water partition coefficient (Wildman–Crippen LogP) is 1.95. The Bertz CT molecular complexity index is 897. The molecule has 1 aliphatic heterocycles. The van der Waals surface area contributed by atoms with Crippen molar-refractivity contribution in [3.63, 3.8) is 0 Å². The van der Waals surface area contributed by atoms with Gasteiger partial charge < -0.3 is 25.2 Å². The average Bonchev–Trinajstić information content (AvgIpc) is 3.13. The molecule has 0 bridgehead atoms. The highest BCUT2D eigenvalue weighted by molar-refractivity contribution is 6.34. The Balaban J connectivity index is 1.87. The smallest absolute Gasteiger partial charge is 0.267 e. The van der Waals surface area contributed by atoms with Crippen molar-refractivity contribution in [3.8, 4) is 11.5 Å². The number of amides is 2. The lowest BCUT2D eigenvalue weighted by Crippen LogP contribution is -2.36. The third-order valence-corrected chi connectivity index (χ3v) is 4.05. The van der Waals surface area contributed by atoms with Crippen molar-refractivity contribution in [1.82, 2.24) is 10.6 Å². The number of rotatable bonds is 6. The number of benzene rings is 2. The topological polar surface area (TPSA) is 96.9 Å². The third-order valence-electron chi connectivity index (χ3n) is 3.72. The number of aliphatic hydroxyl groups is 1. The van der Waals surface area contributed by atoms with E-state index in [2.05, 4.69) is 10.6 Å². The molecule has 27 heavy (non-hydrogen) atoms. The predicted molar refractivity (Wildman–Crippen MR) is 99.6 cm³/mol. The minimum absolute atomic E-state index is 0.00670. The van der Waals surface area contributed by atoms with Crippen LogP contribution >= 0.6 is 11.6 Å². The van der Waals surface area contributed by atoms with Crippen molar-refractivity contribution in [1.29, 1.82) is 0 Å². The van der Waals surface area contributed by atoms with Gasteiger partial charge in [-0.25, -0.2) is 0 Å². The van der Waals surface area contributed by atoms with E-state index in [1.54, 1.807) is 42.5 Å². The van der Waals surface area contributed by atoms with Crippen LogP contribution in [0.4, 0.5) is 0 Å². The highest BCUT2D eigenvalue weighted by atomic mass is 35.5. The van der Waals surface area contributed by atoms with Crippen molar-refractivity contribution in [2.75, 3.05) is 19.9 Å². The van der Waals surface area contributed by atoms with Gasteiger partial charge in [0, 0.05) is 6.54 Å². The summed E-state index contributed by atoms with van der Waals surface area (Å²) in [4.78, 5) is 24.9. The van der Waals surface area contributed by atoms with Crippen LogP contribution in [-0.4, -0.2) is 36.9 Å². The zero-order valence-electron chi connectivity index (χ0n) is 14.2. The van der Waals surface area contributed by atoms with Crippen molar-refractivity contribution in [2.45, 2.75) is 0 Å².